The highest BCUT2D eigenvalue weighted by Crippen LogP contribution is 2.77. The normalized spacial score (nSPS) is 57.5. The van der Waals surface area contributed by atoms with E-state index in [2.05, 4.69) is 53.6 Å². The molecule has 0 aromatic heterocycles. The van der Waals surface area contributed by atoms with Crippen LogP contribution >= 0.6 is 0 Å². The summed E-state index contributed by atoms with van der Waals surface area (Å²) < 4.78 is 6.71. The van der Waals surface area contributed by atoms with E-state index in [1.807, 2.05) is 0 Å². The molecule has 33 heavy (non-hydrogen) atoms. The molecule has 9 atom stereocenters. The van der Waals surface area contributed by atoms with Crippen molar-refractivity contribution < 1.29 is 9.94 Å². The van der Waals surface area contributed by atoms with Crippen LogP contribution in [0.4, 0.5) is 0 Å². The molecule has 186 valence electrons. The lowest BCUT2D eigenvalue weighted by Crippen LogP contribution is -2.67. The van der Waals surface area contributed by atoms with Gasteiger partial charge in [0.15, 0.2) is 0 Å². The predicted molar refractivity (Wildman–Crippen MR) is 133 cm³/mol. The molecule has 1 heterocycles. The van der Waals surface area contributed by atoms with Crippen LogP contribution in [0.5, 0.6) is 0 Å². The van der Waals surface area contributed by atoms with E-state index in [4.69, 9.17) is 4.74 Å². The van der Waals surface area contributed by atoms with E-state index in [0.29, 0.717) is 39.1 Å². The van der Waals surface area contributed by atoms with Gasteiger partial charge in [-0.15, -0.1) is 0 Å². The van der Waals surface area contributed by atoms with Crippen molar-refractivity contribution in [2.24, 2.45) is 61.3 Å². The van der Waals surface area contributed by atoms with E-state index >= 15 is 0 Å². The Hall–Kier alpha value is -0.570. The predicted octanol–water partition coefficient (Wildman–Crippen LogP) is 7.71. The van der Waals surface area contributed by atoms with E-state index in [1.54, 1.807) is 0 Å². The first kappa shape index (κ1) is 22.9. The number of nitrogens with zero attached hydrogens (tertiary/aromatic N) is 1. The van der Waals surface area contributed by atoms with Gasteiger partial charge in [0, 0.05) is 5.41 Å². The maximum absolute atomic E-state index is 9.76. The van der Waals surface area contributed by atoms with Crippen LogP contribution in [-0.2, 0) is 4.74 Å². The van der Waals surface area contributed by atoms with Crippen LogP contribution < -0.4 is 0 Å². The summed E-state index contributed by atoms with van der Waals surface area (Å²) in [6, 6.07) is 0. The third kappa shape index (κ3) is 2.54. The van der Waals surface area contributed by atoms with Crippen LogP contribution in [-0.4, -0.2) is 23.6 Å². The highest BCUT2D eigenvalue weighted by atomic mass is 16.5. The van der Waals surface area contributed by atoms with Crippen molar-refractivity contribution in [3.8, 4) is 0 Å². The minimum absolute atomic E-state index is 0.0117. The SMILES string of the molecule is CC1(C)CC[C@@]23CC[C@]4(C)[C@H](CC[C@@H]5[C@@]6(C)CC/C(=N/O)C(C)(C)[C@H]6CC[C@]54C)[C@H]2[C@H]1OC3. The minimum Gasteiger partial charge on any atom is -0.411 e. The largest absolute Gasteiger partial charge is 0.411 e. The Morgan fingerprint density at radius 1 is 0.788 bits per heavy atom. The van der Waals surface area contributed by atoms with E-state index in [9.17, 15) is 5.21 Å². The Morgan fingerprint density at radius 3 is 2.24 bits per heavy atom. The molecular formula is C30H49NO2. The van der Waals surface area contributed by atoms with Crippen molar-refractivity contribution in [1.82, 2.24) is 0 Å². The molecule has 0 unspecified atom stereocenters. The molecule has 6 aliphatic rings. The van der Waals surface area contributed by atoms with E-state index in [-0.39, 0.29) is 5.41 Å². The Bertz CT molecular complexity index is 877. The Morgan fingerprint density at radius 2 is 1.52 bits per heavy atom. The number of hydrogen-bond donors (Lipinski definition) is 1. The molecule has 0 amide bonds. The van der Waals surface area contributed by atoms with Gasteiger partial charge in [-0.3, -0.25) is 0 Å². The van der Waals surface area contributed by atoms with Gasteiger partial charge in [-0.1, -0.05) is 53.6 Å². The number of hydrogen-bond acceptors (Lipinski definition) is 3. The summed E-state index contributed by atoms with van der Waals surface area (Å²) in [7, 11) is 0. The lowest BCUT2D eigenvalue weighted by atomic mass is 9.31. The molecule has 3 nitrogen and oxygen atoms in total. The van der Waals surface area contributed by atoms with Crippen molar-refractivity contribution in [2.75, 3.05) is 6.61 Å². The third-order valence-corrected chi connectivity index (χ3v) is 14.0. The van der Waals surface area contributed by atoms with Gasteiger partial charge in [-0.05, 0) is 115 Å². The van der Waals surface area contributed by atoms with Gasteiger partial charge >= 0.3 is 0 Å². The monoisotopic (exact) mass is 455 g/mol. The zero-order valence-electron chi connectivity index (χ0n) is 22.5. The summed E-state index contributed by atoms with van der Waals surface area (Å²) in [6.07, 6.45) is 13.6. The average Bonchev–Trinajstić information content (AvgIpc) is 3.07. The van der Waals surface area contributed by atoms with Gasteiger partial charge in [-0.25, -0.2) is 0 Å². The van der Waals surface area contributed by atoms with E-state index in [0.717, 1.165) is 36.5 Å². The van der Waals surface area contributed by atoms with Gasteiger partial charge < -0.3 is 9.94 Å². The minimum atomic E-state index is 0.0117. The van der Waals surface area contributed by atoms with E-state index in [1.165, 1.54) is 57.8 Å². The van der Waals surface area contributed by atoms with Gasteiger partial charge in [0.1, 0.15) is 0 Å². The van der Waals surface area contributed by atoms with Crippen LogP contribution in [0.1, 0.15) is 113 Å². The molecule has 3 heteroatoms. The zero-order valence-corrected chi connectivity index (χ0v) is 22.5. The fourth-order valence-corrected chi connectivity index (χ4v) is 12.0. The standard InChI is InChI=1S/C30H49NO2/c1-25(2)14-16-30-17-15-28(6)19(23(30)24(25)33-18-30)8-9-21-27(5)12-11-22(31-32)26(3,4)20(27)10-13-29(21,28)7/h19-21,23-24,32H,8-18H2,1-7H3/b31-22-/t19-,20-,21-,23+,24-,27+,28-,29-,30+/m1/s1. The van der Waals surface area contributed by atoms with Crippen molar-refractivity contribution in [3.05, 3.63) is 0 Å². The third-order valence-electron chi connectivity index (χ3n) is 14.0. The average molecular weight is 456 g/mol. The van der Waals surface area contributed by atoms with Crippen molar-refractivity contribution in [2.45, 2.75) is 119 Å². The molecule has 0 spiro atoms. The van der Waals surface area contributed by atoms with Crippen LogP contribution in [0.25, 0.3) is 0 Å². The smallest absolute Gasteiger partial charge is 0.0663 e. The molecule has 6 rings (SSSR count). The summed E-state index contributed by atoms with van der Waals surface area (Å²) in [5, 5.41) is 13.6. The summed E-state index contributed by atoms with van der Waals surface area (Å²) in [5.74, 6) is 3.02. The fourth-order valence-electron chi connectivity index (χ4n) is 12.0. The molecular weight excluding hydrogens is 406 g/mol. The number of ether oxygens (including phenoxy) is 1. The molecule has 1 N–H and O–H groups in total. The Kier molecular flexibility index (Phi) is 4.57. The maximum Gasteiger partial charge on any atom is 0.0663 e. The second kappa shape index (κ2) is 6.60. The number of oxime groups is 1. The highest BCUT2D eigenvalue weighted by molar-refractivity contribution is 5.90. The maximum atomic E-state index is 9.76. The van der Waals surface area contributed by atoms with Gasteiger partial charge in [0.25, 0.3) is 0 Å². The van der Waals surface area contributed by atoms with Crippen LogP contribution in [0.2, 0.25) is 0 Å². The molecule has 0 radical (unpaired) electrons. The molecule has 6 fully saturated rings. The van der Waals surface area contributed by atoms with Gasteiger partial charge in [0.05, 0.1) is 18.4 Å². The van der Waals surface area contributed by atoms with Crippen molar-refractivity contribution in [1.29, 1.82) is 0 Å². The first-order valence-corrected chi connectivity index (χ1v) is 14.2. The summed E-state index contributed by atoms with van der Waals surface area (Å²) >= 11 is 0. The molecule has 0 aromatic rings. The van der Waals surface area contributed by atoms with Gasteiger partial charge in [-0.2, -0.15) is 0 Å². The summed E-state index contributed by atoms with van der Waals surface area (Å²) in [4.78, 5) is 0. The molecule has 2 bridgehead atoms. The molecule has 0 aromatic carbocycles. The summed E-state index contributed by atoms with van der Waals surface area (Å²) in [5.41, 5.74) is 3.06. The molecule has 1 saturated heterocycles. The summed E-state index contributed by atoms with van der Waals surface area (Å²) in [6.45, 7) is 18.8. The quantitative estimate of drug-likeness (QED) is 0.300. The van der Waals surface area contributed by atoms with Crippen LogP contribution in [0.3, 0.4) is 0 Å². The van der Waals surface area contributed by atoms with Crippen molar-refractivity contribution >= 4 is 5.71 Å². The zero-order chi connectivity index (χ0) is 23.7. The second-order valence-electron chi connectivity index (χ2n) is 15.5. The molecule has 5 saturated carbocycles. The Balaban J connectivity index is 1.39. The van der Waals surface area contributed by atoms with Crippen LogP contribution in [0.15, 0.2) is 5.16 Å². The fraction of sp³-hybridized carbons (Fsp3) is 0.967. The first-order valence-electron chi connectivity index (χ1n) is 14.2. The van der Waals surface area contributed by atoms with Crippen LogP contribution in [0, 0.1) is 56.2 Å². The topological polar surface area (TPSA) is 41.8 Å². The first-order chi connectivity index (χ1) is 15.4. The lowest BCUT2D eigenvalue weighted by Gasteiger charge is -2.73. The molecule has 5 aliphatic carbocycles. The van der Waals surface area contributed by atoms with E-state index < -0.39 is 0 Å². The Labute approximate surface area is 202 Å². The number of fused-ring (bicyclic) bond motifs is 5. The number of rotatable bonds is 0. The molecule has 1 aliphatic heterocycles. The van der Waals surface area contributed by atoms with Crippen molar-refractivity contribution in [3.63, 3.8) is 0 Å². The highest BCUT2D eigenvalue weighted by Gasteiger charge is 2.72. The van der Waals surface area contributed by atoms with Gasteiger partial charge in [0.2, 0.25) is 0 Å². The lowest BCUT2D eigenvalue weighted by molar-refractivity contribution is -0.235. The second-order valence-corrected chi connectivity index (χ2v) is 15.5.